The first-order valence-electron chi connectivity index (χ1n) is 11.8. The lowest BCUT2D eigenvalue weighted by molar-refractivity contribution is -0.153. The van der Waals surface area contributed by atoms with Crippen molar-refractivity contribution in [3.8, 4) is 5.75 Å². The fraction of sp³-hybridized carbons (Fsp3) is 0.250. The molecule has 4 aromatic rings. The smallest absolute Gasteiger partial charge is 0.321 e. The lowest BCUT2D eigenvalue weighted by Gasteiger charge is -2.38. The number of hydrogen-bond donors (Lipinski definition) is 0. The van der Waals surface area contributed by atoms with Crippen molar-refractivity contribution in [2.24, 2.45) is 5.92 Å². The molecule has 5 rings (SSSR count). The van der Waals surface area contributed by atoms with Gasteiger partial charge in [-0.1, -0.05) is 54.6 Å². The molecule has 7 heteroatoms. The van der Waals surface area contributed by atoms with Crippen LogP contribution in [0.5, 0.6) is 5.75 Å². The zero-order valence-electron chi connectivity index (χ0n) is 19.8. The van der Waals surface area contributed by atoms with E-state index in [2.05, 4.69) is 0 Å². The number of anilines is 1. The molecule has 0 unspecified atom stereocenters. The van der Waals surface area contributed by atoms with E-state index in [9.17, 15) is 9.59 Å². The molecule has 1 aromatic heterocycles. The lowest BCUT2D eigenvalue weighted by atomic mass is 9.89. The van der Waals surface area contributed by atoms with Gasteiger partial charge in [-0.2, -0.15) is 0 Å². The van der Waals surface area contributed by atoms with E-state index in [-0.39, 0.29) is 12.5 Å². The van der Waals surface area contributed by atoms with Crippen molar-refractivity contribution in [1.29, 1.82) is 0 Å². The van der Waals surface area contributed by atoms with Crippen molar-refractivity contribution >= 4 is 28.9 Å². The van der Waals surface area contributed by atoms with Gasteiger partial charge in [-0.25, -0.2) is 4.98 Å². The molecule has 0 radical (unpaired) electrons. The minimum Gasteiger partial charge on any atom is -0.494 e. The Hall–Kier alpha value is -4.13. The molecule has 0 aliphatic carbocycles. The topological polar surface area (TPSA) is 73.7 Å². The number of imidazole rings is 1. The largest absolute Gasteiger partial charge is 0.494 e. The number of hydrogen-bond acceptors (Lipinski definition) is 5. The fourth-order valence-electron chi connectivity index (χ4n) is 4.72. The van der Waals surface area contributed by atoms with Crippen LogP contribution in [0.25, 0.3) is 11.0 Å². The Morgan fingerprint density at radius 1 is 0.943 bits per heavy atom. The number of amides is 1. The van der Waals surface area contributed by atoms with Gasteiger partial charge in [-0.05, 0) is 49.2 Å². The van der Waals surface area contributed by atoms with Crippen molar-refractivity contribution in [3.05, 3.63) is 90.0 Å². The van der Waals surface area contributed by atoms with Crippen LogP contribution < -0.4 is 9.64 Å². The quantitative estimate of drug-likeness (QED) is 0.288. The molecule has 1 aliphatic heterocycles. The van der Waals surface area contributed by atoms with Crippen LogP contribution in [-0.4, -0.2) is 34.6 Å². The molecule has 1 amide bonds. The summed E-state index contributed by atoms with van der Waals surface area (Å²) in [5.41, 5.74) is 3.32. The van der Waals surface area contributed by atoms with Crippen molar-refractivity contribution in [2.45, 2.75) is 26.4 Å². The number of esters is 1. The third-order valence-electron chi connectivity index (χ3n) is 6.18. The second kappa shape index (κ2) is 9.62. The van der Waals surface area contributed by atoms with E-state index >= 15 is 0 Å². The van der Waals surface area contributed by atoms with Crippen molar-refractivity contribution < 1.29 is 19.1 Å². The summed E-state index contributed by atoms with van der Waals surface area (Å²) in [6, 6.07) is 24.3. The normalized spacial score (nSPS) is 17.3. The van der Waals surface area contributed by atoms with E-state index in [1.54, 1.807) is 11.8 Å². The van der Waals surface area contributed by atoms with Crippen LogP contribution in [0.15, 0.2) is 78.9 Å². The maximum atomic E-state index is 14.0. The summed E-state index contributed by atoms with van der Waals surface area (Å²) >= 11 is 0. The minimum atomic E-state index is -1.07. The minimum absolute atomic E-state index is 0.185. The van der Waals surface area contributed by atoms with Crippen LogP contribution in [-0.2, 0) is 20.9 Å². The number of carbonyl (C=O) groups is 2. The zero-order chi connectivity index (χ0) is 24.4. The van der Waals surface area contributed by atoms with Crippen LogP contribution in [0.4, 0.5) is 5.95 Å². The Bertz CT molecular complexity index is 1370. The number of nitrogens with zero attached hydrogens (tertiary/aromatic N) is 3. The number of para-hydroxylation sites is 2. The second-order valence-electron chi connectivity index (χ2n) is 8.36. The highest BCUT2D eigenvalue weighted by Gasteiger charge is 2.48. The van der Waals surface area contributed by atoms with E-state index in [4.69, 9.17) is 14.5 Å². The predicted molar refractivity (Wildman–Crippen MR) is 133 cm³/mol. The van der Waals surface area contributed by atoms with Gasteiger partial charge < -0.3 is 14.0 Å². The number of rotatable bonds is 7. The molecule has 35 heavy (non-hydrogen) atoms. The number of aromatic nitrogens is 2. The Kier molecular flexibility index (Phi) is 6.23. The first-order chi connectivity index (χ1) is 17.1. The SMILES string of the molecule is CCOC(=O)[C@@H]1C(=O)N(Cc2ccccc2)c2nc3ccccc3n2[C@H]1c1cccc(OCC)c1. The zero-order valence-corrected chi connectivity index (χ0v) is 19.8. The molecule has 2 atom stereocenters. The summed E-state index contributed by atoms with van der Waals surface area (Å²) in [5.74, 6) is -0.765. The van der Waals surface area contributed by atoms with Gasteiger partial charge in [0, 0.05) is 0 Å². The van der Waals surface area contributed by atoms with Gasteiger partial charge in [-0.3, -0.25) is 14.5 Å². The highest BCUT2D eigenvalue weighted by molar-refractivity contribution is 6.08. The molecule has 7 nitrogen and oxygen atoms in total. The molecule has 0 saturated heterocycles. The van der Waals surface area contributed by atoms with E-state index in [1.165, 1.54) is 0 Å². The summed E-state index contributed by atoms with van der Waals surface area (Å²) in [6.07, 6.45) is 0. The van der Waals surface area contributed by atoms with Crippen molar-refractivity contribution in [1.82, 2.24) is 9.55 Å². The third kappa shape index (κ3) is 4.14. The van der Waals surface area contributed by atoms with Crippen molar-refractivity contribution in [3.63, 3.8) is 0 Å². The average Bonchev–Trinajstić information content (AvgIpc) is 3.26. The second-order valence-corrected chi connectivity index (χ2v) is 8.36. The Morgan fingerprint density at radius 2 is 1.71 bits per heavy atom. The molecule has 0 saturated carbocycles. The molecule has 178 valence electrons. The van der Waals surface area contributed by atoms with Gasteiger partial charge in [-0.15, -0.1) is 0 Å². The Balaban J connectivity index is 1.74. The van der Waals surface area contributed by atoms with Crippen LogP contribution in [0.2, 0.25) is 0 Å². The number of fused-ring (bicyclic) bond motifs is 3. The summed E-state index contributed by atoms with van der Waals surface area (Å²) in [5, 5.41) is 0. The summed E-state index contributed by atoms with van der Waals surface area (Å²) < 4.78 is 13.2. The first-order valence-corrected chi connectivity index (χ1v) is 11.8. The van der Waals surface area contributed by atoms with Crippen molar-refractivity contribution in [2.75, 3.05) is 18.1 Å². The fourth-order valence-corrected chi connectivity index (χ4v) is 4.72. The maximum Gasteiger partial charge on any atom is 0.321 e. The predicted octanol–water partition coefficient (Wildman–Crippen LogP) is 4.75. The van der Waals surface area contributed by atoms with Gasteiger partial charge in [0.15, 0.2) is 5.92 Å². The van der Waals surface area contributed by atoms with Gasteiger partial charge in [0.1, 0.15) is 5.75 Å². The average molecular weight is 470 g/mol. The van der Waals surface area contributed by atoms with Crippen LogP contribution in [0.3, 0.4) is 0 Å². The third-order valence-corrected chi connectivity index (χ3v) is 6.18. The van der Waals surface area contributed by atoms with Crippen LogP contribution in [0, 0.1) is 5.92 Å². The lowest BCUT2D eigenvalue weighted by Crippen LogP contribution is -2.49. The highest BCUT2D eigenvalue weighted by Crippen LogP contribution is 2.42. The van der Waals surface area contributed by atoms with Crippen LogP contribution >= 0.6 is 0 Å². The van der Waals surface area contributed by atoms with E-state index in [0.717, 1.165) is 22.2 Å². The summed E-state index contributed by atoms with van der Waals surface area (Å²) in [7, 11) is 0. The number of benzene rings is 3. The standard InChI is InChI=1S/C28H27N3O4/c1-3-34-21-14-10-13-20(17-21)25-24(27(33)35-4-2)26(32)30(18-19-11-6-5-7-12-19)28-29-22-15-8-9-16-23(22)31(25)28/h5-17,24-25H,3-4,18H2,1-2H3/t24-,25-/m0/s1. The van der Waals surface area contributed by atoms with Crippen LogP contribution in [0.1, 0.15) is 31.0 Å². The molecule has 1 aliphatic rings. The van der Waals surface area contributed by atoms with Gasteiger partial charge >= 0.3 is 5.97 Å². The molecular formula is C28H27N3O4. The molecule has 0 fully saturated rings. The monoisotopic (exact) mass is 469 g/mol. The van der Waals surface area contributed by atoms with Gasteiger partial charge in [0.2, 0.25) is 11.9 Å². The van der Waals surface area contributed by atoms with Gasteiger partial charge in [0.25, 0.3) is 0 Å². The maximum absolute atomic E-state index is 14.0. The first kappa shape index (κ1) is 22.7. The number of carbonyl (C=O) groups excluding carboxylic acids is 2. The Labute approximate surface area is 203 Å². The van der Waals surface area contributed by atoms with E-state index < -0.39 is 17.9 Å². The molecule has 0 bridgehead atoms. The summed E-state index contributed by atoms with van der Waals surface area (Å²) in [4.78, 5) is 33.8. The number of ether oxygens (including phenoxy) is 2. The highest BCUT2D eigenvalue weighted by atomic mass is 16.5. The van der Waals surface area contributed by atoms with E-state index in [0.29, 0.717) is 24.8 Å². The molecule has 0 N–H and O–H groups in total. The Morgan fingerprint density at radius 3 is 2.49 bits per heavy atom. The molecular weight excluding hydrogens is 442 g/mol. The van der Waals surface area contributed by atoms with Gasteiger partial charge in [0.05, 0.1) is 36.8 Å². The molecule has 0 spiro atoms. The molecule has 2 heterocycles. The molecule has 3 aromatic carbocycles. The van der Waals surface area contributed by atoms with E-state index in [1.807, 2.05) is 90.4 Å². The summed E-state index contributed by atoms with van der Waals surface area (Å²) in [6.45, 7) is 4.66.